The fourth-order valence-electron chi connectivity index (χ4n) is 2.04. The lowest BCUT2D eigenvalue weighted by atomic mass is 10.2. The number of imide groups is 1. The van der Waals surface area contributed by atoms with Gasteiger partial charge in [-0.05, 0) is 37.7 Å². The van der Waals surface area contributed by atoms with E-state index in [9.17, 15) is 24.5 Å². The lowest BCUT2D eigenvalue weighted by Gasteiger charge is -2.13. The van der Waals surface area contributed by atoms with Crippen LogP contribution in [0.25, 0.3) is 0 Å². The SMILES string of the molecule is CCNC(=O)NC(=O)[C@@H](C)OC(=O)c1ccc(Sc2nncn2C)c([N+](=O)[O-])c1. The zero-order valence-electron chi connectivity index (χ0n) is 15.7. The van der Waals surface area contributed by atoms with E-state index in [1.165, 1.54) is 25.4 Å². The number of nitro benzene ring substituents is 1. The molecular formula is C16H18N6O6S. The van der Waals surface area contributed by atoms with Gasteiger partial charge < -0.3 is 14.6 Å². The molecule has 0 aliphatic rings. The fraction of sp³-hybridized carbons (Fsp3) is 0.312. The second-order valence-corrected chi connectivity index (χ2v) is 6.67. The summed E-state index contributed by atoms with van der Waals surface area (Å²) in [7, 11) is 1.69. The van der Waals surface area contributed by atoms with Crippen molar-refractivity contribution >= 4 is 35.4 Å². The average molecular weight is 422 g/mol. The Morgan fingerprint density at radius 3 is 2.69 bits per heavy atom. The summed E-state index contributed by atoms with van der Waals surface area (Å²) in [5, 5.41) is 23.8. The van der Waals surface area contributed by atoms with Crippen molar-refractivity contribution in [3.05, 3.63) is 40.2 Å². The number of carbonyl (C=O) groups excluding carboxylic acids is 3. The van der Waals surface area contributed by atoms with Crippen molar-refractivity contribution in [3.8, 4) is 0 Å². The molecule has 1 heterocycles. The molecule has 0 fully saturated rings. The highest BCUT2D eigenvalue weighted by Crippen LogP contribution is 2.34. The largest absolute Gasteiger partial charge is 0.449 e. The molecule has 0 saturated heterocycles. The van der Waals surface area contributed by atoms with Crippen molar-refractivity contribution in [2.45, 2.75) is 30.0 Å². The molecule has 1 aromatic heterocycles. The quantitative estimate of drug-likeness (QED) is 0.380. The van der Waals surface area contributed by atoms with Crippen LogP contribution in [0.2, 0.25) is 0 Å². The van der Waals surface area contributed by atoms with Gasteiger partial charge in [-0.1, -0.05) is 0 Å². The molecule has 2 rings (SSSR count). The van der Waals surface area contributed by atoms with E-state index in [1.54, 1.807) is 18.5 Å². The van der Waals surface area contributed by atoms with Crippen molar-refractivity contribution in [2.75, 3.05) is 6.54 Å². The molecule has 0 bridgehead atoms. The Balaban J connectivity index is 2.13. The number of rotatable bonds is 7. The minimum atomic E-state index is -1.28. The Kier molecular flexibility index (Phi) is 7.25. The average Bonchev–Trinajstić information content (AvgIpc) is 3.06. The van der Waals surface area contributed by atoms with Gasteiger partial charge in [0.1, 0.15) is 6.33 Å². The first-order chi connectivity index (χ1) is 13.7. The van der Waals surface area contributed by atoms with Gasteiger partial charge in [-0.3, -0.25) is 20.2 Å². The van der Waals surface area contributed by atoms with Crippen LogP contribution in [0.4, 0.5) is 10.5 Å². The summed E-state index contributed by atoms with van der Waals surface area (Å²) in [5.74, 6) is -1.77. The molecule has 0 aliphatic carbocycles. The van der Waals surface area contributed by atoms with Crippen LogP contribution >= 0.6 is 11.8 Å². The van der Waals surface area contributed by atoms with Crippen LogP contribution in [0.1, 0.15) is 24.2 Å². The van der Waals surface area contributed by atoms with Crippen LogP contribution in [0.5, 0.6) is 0 Å². The first-order valence-electron chi connectivity index (χ1n) is 8.32. The van der Waals surface area contributed by atoms with E-state index in [0.717, 1.165) is 17.8 Å². The van der Waals surface area contributed by atoms with Gasteiger partial charge in [0.2, 0.25) is 0 Å². The molecule has 29 heavy (non-hydrogen) atoms. The summed E-state index contributed by atoms with van der Waals surface area (Å²) < 4.78 is 6.58. The van der Waals surface area contributed by atoms with E-state index in [0.29, 0.717) is 11.7 Å². The lowest BCUT2D eigenvalue weighted by Crippen LogP contribution is -2.44. The minimum Gasteiger partial charge on any atom is -0.449 e. The van der Waals surface area contributed by atoms with E-state index in [-0.39, 0.29) is 16.1 Å². The summed E-state index contributed by atoms with van der Waals surface area (Å²) in [6, 6.07) is 3.05. The number of ether oxygens (including phenoxy) is 1. The molecule has 3 amide bonds. The fourth-order valence-corrected chi connectivity index (χ4v) is 2.89. The van der Waals surface area contributed by atoms with E-state index >= 15 is 0 Å². The number of hydrogen-bond donors (Lipinski definition) is 2. The Morgan fingerprint density at radius 2 is 2.10 bits per heavy atom. The van der Waals surface area contributed by atoms with Crippen molar-refractivity contribution in [1.82, 2.24) is 25.4 Å². The molecule has 2 N–H and O–H groups in total. The van der Waals surface area contributed by atoms with Gasteiger partial charge in [0, 0.05) is 19.7 Å². The highest BCUT2D eigenvalue weighted by Gasteiger charge is 2.24. The third-order valence-electron chi connectivity index (χ3n) is 3.49. The molecule has 0 aliphatic heterocycles. The van der Waals surface area contributed by atoms with Crippen molar-refractivity contribution in [2.24, 2.45) is 7.05 Å². The summed E-state index contributed by atoms with van der Waals surface area (Å²) >= 11 is 1.01. The standard InChI is InChI=1S/C16H18N6O6S/c1-4-17-15(25)19-13(23)9(2)28-14(24)10-5-6-12(11(7-10)22(26)27)29-16-20-18-8-21(16)3/h5-9H,4H2,1-3H3,(H2,17,19,23,25)/t9-/m1/s1. The molecule has 0 unspecified atom stereocenters. The monoisotopic (exact) mass is 422 g/mol. The number of carbonyl (C=O) groups is 3. The zero-order chi connectivity index (χ0) is 21.6. The van der Waals surface area contributed by atoms with Crippen molar-refractivity contribution in [1.29, 1.82) is 0 Å². The van der Waals surface area contributed by atoms with Gasteiger partial charge in [-0.2, -0.15) is 0 Å². The number of urea groups is 1. The summed E-state index contributed by atoms with van der Waals surface area (Å²) in [4.78, 5) is 46.5. The number of benzene rings is 1. The highest BCUT2D eigenvalue weighted by atomic mass is 32.2. The van der Waals surface area contributed by atoms with Crippen molar-refractivity contribution in [3.63, 3.8) is 0 Å². The van der Waals surface area contributed by atoms with Crippen LogP contribution < -0.4 is 10.6 Å². The maximum atomic E-state index is 12.3. The maximum Gasteiger partial charge on any atom is 0.339 e. The van der Waals surface area contributed by atoms with Crippen LogP contribution in [0.15, 0.2) is 34.6 Å². The van der Waals surface area contributed by atoms with E-state index in [2.05, 4.69) is 15.5 Å². The number of nitro groups is 1. The first kappa shape index (κ1) is 21.8. The third kappa shape index (κ3) is 5.75. The van der Waals surface area contributed by atoms with Crippen LogP contribution in [-0.2, 0) is 16.6 Å². The molecule has 13 heteroatoms. The predicted molar refractivity (Wildman–Crippen MR) is 100 cm³/mol. The molecule has 0 spiro atoms. The molecule has 0 saturated carbocycles. The topological polar surface area (TPSA) is 158 Å². The summed E-state index contributed by atoms with van der Waals surface area (Å²) in [6.07, 6.45) is 0.171. The molecule has 1 aromatic carbocycles. The summed E-state index contributed by atoms with van der Waals surface area (Å²) in [6.45, 7) is 3.27. The number of nitrogens with one attached hydrogen (secondary N) is 2. The van der Waals surface area contributed by atoms with Gasteiger partial charge in [0.05, 0.1) is 15.4 Å². The van der Waals surface area contributed by atoms with Gasteiger partial charge >= 0.3 is 12.0 Å². The second kappa shape index (κ2) is 9.64. The van der Waals surface area contributed by atoms with Gasteiger partial charge in [-0.15, -0.1) is 10.2 Å². The predicted octanol–water partition coefficient (Wildman–Crippen LogP) is 1.27. The third-order valence-corrected chi connectivity index (χ3v) is 4.61. The highest BCUT2D eigenvalue weighted by molar-refractivity contribution is 7.99. The van der Waals surface area contributed by atoms with Crippen LogP contribution in [0.3, 0.4) is 0 Å². The number of aromatic nitrogens is 3. The Bertz CT molecular complexity index is 946. The number of hydrogen-bond acceptors (Lipinski definition) is 9. The van der Waals surface area contributed by atoms with E-state index in [1.807, 2.05) is 5.32 Å². The zero-order valence-corrected chi connectivity index (χ0v) is 16.6. The molecular weight excluding hydrogens is 404 g/mol. The first-order valence-corrected chi connectivity index (χ1v) is 9.14. The van der Waals surface area contributed by atoms with Crippen LogP contribution in [0, 0.1) is 10.1 Å². The van der Waals surface area contributed by atoms with Gasteiger partial charge in [0.15, 0.2) is 11.3 Å². The normalized spacial score (nSPS) is 11.4. The molecule has 2 aromatic rings. The lowest BCUT2D eigenvalue weighted by molar-refractivity contribution is -0.387. The maximum absolute atomic E-state index is 12.3. The number of aryl methyl sites for hydroxylation is 1. The Labute approximate surface area is 169 Å². The van der Waals surface area contributed by atoms with Gasteiger partial charge in [-0.25, -0.2) is 9.59 Å². The van der Waals surface area contributed by atoms with E-state index in [4.69, 9.17) is 4.74 Å². The number of amides is 3. The van der Waals surface area contributed by atoms with Crippen molar-refractivity contribution < 1.29 is 24.0 Å². The van der Waals surface area contributed by atoms with E-state index < -0.39 is 28.9 Å². The number of nitrogens with zero attached hydrogens (tertiary/aromatic N) is 4. The molecule has 0 radical (unpaired) electrons. The smallest absolute Gasteiger partial charge is 0.339 e. The molecule has 1 atom stereocenters. The second-order valence-electron chi connectivity index (χ2n) is 5.66. The number of esters is 1. The summed E-state index contributed by atoms with van der Waals surface area (Å²) in [5.41, 5.74) is -0.441. The van der Waals surface area contributed by atoms with Gasteiger partial charge in [0.25, 0.3) is 11.6 Å². The minimum absolute atomic E-state index is 0.114. The Hall–Kier alpha value is -3.48. The Morgan fingerprint density at radius 1 is 1.38 bits per heavy atom. The molecule has 12 nitrogen and oxygen atoms in total. The van der Waals surface area contributed by atoms with Crippen LogP contribution in [-0.4, -0.2) is 50.2 Å². The molecule has 154 valence electrons.